The quantitative estimate of drug-likeness (QED) is 0.868. The van der Waals surface area contributed by atoms with Crippen LogP contribution in [-0.4, -0.2) is 47.4 Å². The zero-order valence-electron chi connectivity index (χ0n) is 13.5. The number of rotatable bonds is 4. The Kier molecular flexibility index (Phi) is 4.67. The van der Waals surface area contributed by atoms with Crippen LogP contribution in [0, 0.1) is 0 Å². The summed E-state index contributed by atoms with van der Waals surface area (Å²) in [7, 11) is 0. The highest BCUT2D eigenvalue weighted by Gasteiger charge is 2.39. The average molecular weight is 301 g/mol. The van der Waals surface area contributed by atoms with Crippen LogP contribution in [0.2, 0.25) is 0 Å². The van der Waals surface area contributed by atoms with E-state index in [1.807, 2.05) is 24.3 Å². The summed E-state index contributed by atoms with van der Waals surface area (Å²) < 4.78 is 0. The van der Waals surface area contributed by atoms with Crippen molar-refractivity contribution in [2.45, 2.75) is 51.1 Å². The second-order valence-corrected chi connectivity index (χ2v) is 6.57. The first kappa shape index (κ1) is 15.3. The number of carbonyl (C=O) groups excluding carboxylic acids is 1. The number of hydrogen-bond donors (Lipinski definition) is 1. The minimum Gasteiger partial charge on any atom is -0.399 e. The van der Waals surface area contributed by atoms with Crippen molar-refractivity contribution in [1.82, 2.24) is 9.80 Å². The third kappa shape index (κ3) is 3.12. The first-order valence-corrected chi connectivity index (χ1v) is 8.56. The van der Waals surface area contributed by atoms with E-state index in [1.165, 1.54) is 12.8 Å². The fraction of sp³-hybridized carbons (Fsp3) is 0.611. The lowest BCUT2D eigenvalue weighted by molar-refractivity contribution is -0.133. The number of fused-ring (bicyclic) bond motifs is 2. The molecular formula is C18H27N3O. The summed E-state index contributed by atoms with van der Waals surface area (Å²) in [4.78, 5) is 17.4. The highest BCUT2D eigenvalue weighted by molar-refractivity contribution is 5.78. The Morgan fingerprint density at radius 2 is 2.00 bits per heavy atom. The van der Waals surface area contributed by atoms with Gasteiger partial charge in [0.05, 0.1) is 0 Å². The minimum absolute atomic E-state index is 0.314. The predicted molar refractivity (Wildman–Crippen MR) is 89.6 cm³/mol. The number of likely N-dealkylation sites (tertiary alicyclic amines) is 1. The van der Waals surface area contributed by atoms with Crippen molar-refractivity contribution < 1.29 is 4.79 Å². The van der Waals surface area contributed by atoms with Crippen LogP contribution < -0.4 is 5.73 Å². The van der Waals surface area contributed by atoms with Crippen molar-refractivity contribution in [2.75, 3.05) is 25.4 Å². The number of anilines is 1. The topological polar surface area (TPSA) is 49.6 Å². The van der Waals surface area contributed by atoms with Crippen LogP contribution in [0.1, 0.15) is 38.2 Å². The highest BCUT2D eigenvalue weighted by Crippen LogP contribution is 2.31. The van der Waals surface area contributed by atoms with Crippen molar-refractivity contribution >= 4 is 11.6 Å². The predicted octanol–water partition coefficient (Wildman–Crippen LogP) is 2.29. The first-order chi connectivity index (χ1) is 10.7. The molecule has 3 rings (SSSR count). The van der Waals surface area contributed by atoms with Crippen LogP contribution in [0.3, 0.4) is 0 Å². The number of carbonyl (C=O) groups is 1. The van der Waals surface area contributed by atoms with Crippen molar-refractivity contribution in [3.05, 3.63) is 29.8 Å². The monoisotopic (exact) mass is 301 g/mol. The van der Waals surface area contributed by atoms with Crippen LogP contribution in [-0.2, 0) is 11.2 Å². The number of para-hydroxylation sites is 1. The minimum atomic E-state index is 0.314. The van der Waals surface area contributed by atoms with Gasteiger partial charge >= 0.3 is 0 Å². The van der Waals surface area contributed by atoms with Gasteiger partial charge in [0.25, 0.3) is 0 Å². The number of nitrogen functional groups attached to an aromatic ring is 1. The Bertz CT molecular complexity index is 531. The van der Waals surface area contributed by atoms with Crippen molar-refractivity contribution in [3.63, 3.8) is 0 Å². The van der Waals surface area contributed by atoms with Gasteiger partial charge in [0.1, 0.15) is 0 Å². The smallest absolute Gasteiger partial charge is 0.223 e. The molecule has 2 aliphatic rings. The second-order valence-electron chi connectivity index (χ2n) is 6.57. The van der Waals surface area contributed by atoms with Crippen LogP contribution in [0.4, 0.5) is 5.69 Å². The summed E-state index contributed by atoms with van der Waals surface area (Å²) in [5.74, 6) is 0.314. The average Bonchev–Trinajstić information content (AvgIpc) is 2.81. The highest BCUT2D eigenvalue weighted by atomic mass is 16.2. The third-order valence-electron chi connectivity index (χ3n) is 5.27. The molecule has 2 fully saturated rings. The van der Waals surface area contributed by atoms with E-state index in [0.29, 0.717) is 24.4 Å². The van der Waals surface area contributed by atoms with Gasteiger partial charge in [-0.25, -0.2) is 0 Å². The van der Waals surface area contributed by atoms with E-state index < -0.39 is 0 Å². The van der Waals surface area contributed by atoms with Crippen LogP contribution >= 0.6 is 0 Å². The number of hydrogen-bond acceptors (Lipinski definition) is 3. The number of aryl methyl sites for hydroxylation is 1. The van der Waals surface area contributed by atoms with Crippen LogP contribution in [0.25, 0.3) is 0 Å². The largest absolute Gasteiger partial charge is 0.399 e. The third-order valence-corrected chi connectivity index (χ3v) is 5.27. The van der Waals surface area contributed by atoms with Gasteiger partial charge in [-0.1, -0.05) is 25.1 Å². The molecule has 22 heavy (non-hydrogen) atoms. The van der Waals surface area contributed by atoms with Gasteiger partial charge in [0, 0.05) is 37.3 Å². The molecule has 2 aliphatic heterocycles. The molecule has 0 saturated carbocycles. The molecule has 4 heteroatoms. The number of nitrogens with two attached hydrogens (primary N) is 1. The lowest BCUT2D eigenvalue weighted by atomic mass is 10.1. The molecule has 1 amide bonds. The Labute approximate surface area is 133 Å². The van der Waals surface area contributed by atoms with Gasteiger partial charge in [-0.3, -0.25) is 4.79 Å². The molecule has 4 nitrogen and oxygen atoms in total. The normalized spacial score (nSPS) is 25.2. The van der Waals surface area contributed by atoms with Gasteiger partial charge in [0.2, 0.25) is 5.91 Å². The summed E-state index contributed by atoms with van der Waals surface area (Å²) >= 11 is 0. The van der Waals surface area contributed by atoms with Gasteiger partial charge in [-0.2, -0.15) is 0 Å². The van der Waals surface area contributed by atoms with E-state index >= 15 is 0 Å². The zero-order chi connectivity index (χ0) is 15.5. The maximum absolute atomic E-state index is 12.8. The van der Waals surface area contributed by atoms with Gasteiger partial charge in [-0.05, 0) is 43.9 Å². The molecule has 2 atom stereocenters. The maximum atomic E-state index is 12.8. The van der Waals surface area contributed by atoms with Crippen molar-refractivity contribution in [3.8, 4) is 0 Å². The Morgan fingerprint density at radius 3 is 2.77 bits per heavy atom. The van der Waals surface area contributed by atoms with Crippen molar-refractivity contribution in [2.24, 2.45) is 0 Å². The summed E-state index contributed by atoms with van der Waals surface area (Å²) in [6.07, 6.45) is 4.80. The number of nitrogens with zero attached hydrogens (tertiary/aromatic N) is 2. The van der Waals surface area contributed by atoms with E-state index in [4.69, 9.17) is 5.73 Å². The van der Waals surface area contributed by atoms with E-state index in [2.05, 4.69) is 16.7 Å². The molecule has 1 aromatic rings. The van der Waals surface area contributed by atoms with Crippen LogP contribution in [0.15, 0.2) is 24.3 Å². The standard InChI is InChI=1S/C18H27N3O/c1-2-20-12-11-15-8-9-16(13-20)21(15)18(22)10-7-14-5-3-4-6-17(14)19/h3-6,15-16H,2,7-13,19H2,1H3. The number of likely N-dealkylation sites (N-methyl/N-ethyl adjacent to an activating group) is 1. The Balaban J connectivity index is 1.63. The summed E-state index contributed by atoms with van der Waals surface area (Å²) in [5, 5.41) is 0. The molecule has 2 bridgehead atoms. The summed E-state index contributed by atoms with van der Waals surface area (Å²) in [6, 6.07) is 8.75. The summed E-state index contributed by atoms with van der Waals surface area (Å²) in [5.41, 5.74) is 7.87. The van der Waals surface area contributed by atoms with Crippen molar-refractivity contribution in [1.29, 1.82) is 0 Å². The molecule has 0 radical (unpaired) electrons. The van der Waals surface area contributed by atoms with Crippen LogP contribution in [0.5, 0.6) is 0 Å². The van der Waals surface area contributed by atoms with E-state index in [0.717, 1.165) is 43.7 Å². The van der Waals surface area contributed by atoms with Gasteiger partial charge in [-0.15, -0.1) is 0 Å². The Morgan fingerprint density at radius 1 is 1.23 bits per heavy atom. The van der Waals surface area contributed by atoms with E-state index in [9.17, 15) is 4.79 Å². The second kappa shape index (κ2) is 6.69. The molecule has 120 valence electrons. The number of amides is 1. The van der Waals surface area contributed by atoms with Gasteiger partial charge in [0.15, 0.2) is 0 Å². The molecule has 0 spiro atoms. The molecule has 2 saturated heterocycles. The summed E-state index contributed by atoms with van der Waals surface area (Å²) in [6.45, 7) is 5.48. The molecule has 0 aromatic heterocycles. The number of benzene rings is 1. The molecule has 2 N–H and O–H groups in total. The molecule has 0 aliphatic carbocycles. The first-order valence-electron chi connectivity index (χ1n) is 8.56. The lowest BCUT2D eigenvalue weighted by Crippen LogP contribution is -2.43. The van der Waals surface area contributed by atoms with E-state index in [-0.39, 0.29) is 0 Å². The lowest BCUT2D eigenvalue weighted by Gasteiger charge is -2.29. The zero-order valence-corrected chi connectivity index (χ0v) is 13.5. The molecule has 2 unspecified atom stereocenters. The van der Waals surface area contributed by atoms with E-state index in [1.54, 1.807) is 0 Å². The Hall–Kier alpha value is -1.55. The fourth-order valence-electron chi connectivity index (χ4n) is 3.97. The molecule has 1 aromatic carbocycles. The maximum Gasteiger partial charge on any atom is 0.223 e. The SMILES string of the molecule is CCN1CCC2CCC(C1)N2C(=O)CCc1ccccc1N. The molecular weight excluding hydrogens is 274 g/mol. The van der Waals surface area contributed by atoms with Gasteiger partial charge < -0.3 is 15.5 Å². The fourth-order valence-corrected chi connectivity index (χ4v) is 3.97. The molecule has 2 heterocycles.